The van der Waals surface area contributed by atoms with Crippen molar-refractivity contribution in [2.45, 2.75) is 43.9 Å². The van der Waals surface area contributed by atoms with Crippen molar-refractivity contribution in [3.8, 4) is 0 Å². The van der Waals surface area contributed by atoms with Crippen LogP contribution in [0.5, 0.6) is 0 Å². The van der Waals surface area contributed by atoms with Gasteiger partial charge in [0.15, 0.2) is 0 Å². The number of hydrogen-bond acceptors (Lipinski definition) is 2. The van der Waals surface area contributed by atoms with E-state index in [0.29, 0.717) is 18.3 Å². The molecule has 1 aliphatic carbocycles. The number of nitrogens with zero attached hydrogens (tertiary/aromatic N) is 1. The van der Waals surface area contributed by atoms with Crippen molar-refractivity contribution in [3.63, 3.8) is 0 Å². The summed E-state index contributed by atoms with van der Waals surface area (Å²) < 4.78 is 38.3. The zero-order chi connectivity index (χ0) is 15.0. The van der Waals surface area contributed by atoms with Gasteiger partial charge in [0.1, 0.15) is 0 Å². The fourth-order valence-corrected chi connectivity index (χ4v) is 2.67. The number of hydrogen-bond donors (Lipinski definition) is 1. The molecule has 6 heteroatoms. The van der Waals surface area contributed by atoms with Gasteiger partial charge in [0, 0.05) is 18.3 Å². The van der Waals surface area contributed by atoms with Crippen LogP contribution >= 0.6 is 0 Å². The minimum absolute atomic E-state index is 0.118. The Labute approximate surface area is 121 Å². The van der Waals surface area contributed by atoms with E-state index in [9.17, 15) is 18.0 Å². The monoisotopic (exact) mass is 298 g/mol. The highest BCUT2D eigenvalue weighted by Gasteiger charge is 2.35. The van der Waals surface area contributed by atoms with E-state index in [4.69, 9.17) is 0 Å². The third kappa shape index (κ3) is 3.20. The van der Waals surface area contributed by atoms with Crippen LogP contribution in [0.4, 0.5) is 18.9 Å². The Morgan fingerprint density at radius 3 is 2.62 bits per heavy atom. The average molecular weight is 298 g/mol. The molecule has 0 aromatic heterocycles. The molecule has 114 valence electrons. The predicted molar refractivity (Wildman–Crippen MR) is 73.0 cm³/mol. The molecule has 1 aliphatic heterocycles. The second-order valence-corrected chi connectivity index (χ2v) is 5.67. The molecule has 1 unspecified atom stereocenters. The number of nitrogens with one attached hydrogen (secondary N) is 1. The average Bonchev–Trinajstić information content (AvgIpc) is 3.24. The fourth-order valence-electron chi connectivity index (χ4n) is 2.67. The van der Waals surface area contributed by atoms with Crippen molar-refractivity contribution in [1.82, 2.24) is 5.32 Å². The third-order valence-corrected chi connectivity index (χ3v) is 3.94. The number of rotatable bonds is 3. The number of amides is 1. The van der Waals surface area contributed by atoms with Gasteiger partial charge in [-0.1, -0.05) is 6.07 Å². The number of halogens is 3. The molecule has 2 fully saturated rings. The predicted octanol–water partition coefficient (Wildman–Crippen LogP) is 2.95. The first kappa shape index (κ1) is 14.4. The topological polar surface area (TPSA) is 32.3 Å². The lowest BCUT2D eigenvalue weighted by molar-refractivity contribution is -0.137. The largest absolute Gasteiger partial charge is 0.416 e. The van der Waals surface area contributed by atoms with E-state index in [2.05, 4.69) is 5.32 Å². The Kier molecular flexibility index (Phi) is 3.65. The van der Waals surface area contributed by atoms with Crippen LogP contribution in [0.1, 0.15) is 31.2 Å². The van der Waals surface area contributed by atoms with Crippen molar-refractivity contribution >= 4 is 11.6 Å². The number of anilines is 1. The first-order valence-corrected chi connectivity index (χ1v) is 7.20. The standard InChI is InChI=1S/C15H17F3N2O/c16-15(17,18)10-3-1-4-12(9-10)20-8-2-5-13(14(20)21)19-11-6-7-11/h1,3-4,9,11,13,19H,2,5-8H2. The number of carbonyl (C=O) groups is 1. The van der Waals surface area contributed by atoms with Crippen LogP contribution < -0.4 is 10.2 Å². The Hall–Kier alpha value is -1.56. The van der Waals surface area contributed by atoms with Gasteiger partial charge < -0.3 is 10.2 Å². The Morgan fingerprint density at radius 2 is 1.95 bits per heavy atom. The molecule has 3 rings (SSSR count). The summed E-state index contributed by atoms with van der Waals surface area (Å²) >= 11 is 0. The van der Waals surface area contributed by atoms with Crippen LogP contribution in [0, 0.1) is 0 Å². The first-order chi connectivity index (χ1) is 9.95. The number of benzene rings is 1. The summed E-state index contributed by atoms with van der Waals surface area (Å²) in [5.74, 6) is -0.118. The molecule has 1 aromatic carbocycles. The highest BCUT2D eigenvalue weighted by Crippen LogP contribution is 2.32. The minimum Gasteiger partial charge on any atom is -0.311 e. The van der Waals surface area contributed by atoms with Gasteiger partial charge in [-0.3, -0.25) is 4.79 Å². The number of alkyl halides is 3. The summed E-state index contributed by atoms with van der Waals surface area (Å²) in [5.41, 5.74) is -0.387. The van der Waals surface area contributed by atoms with Gasteiger partial charge in [0.05, 0.1) is 11.6 Å². The molecule has 1 saturated heterocycles. The molecule has 1 heterocycles. The highest BCUT2D eigenvalue weighted by molar-refractivity contribution is 5.98. The van der Waals surface area contributed by atoms with Crippen LogP contribution in [0.3, 0.4) is 0 Å². The van der Waals surface area contributed by atoms with Crippen molar-refractivity contribution < 1.29 is 18.0 Å². The van der Waals surface area contributed by atoms with Crippen molar-refractivity contribution in [2.24, 2.45) is 0 Å². The fraction of sp³-hybridized carbons (Fsp3) is 0.533. The van der Waals surface area contributed by atoms with Gasteiger partial charge in [-0.25, -0.2) is 0 Å². The van der Waals surface area contributed by atoms with E-state index in [-0.39, 0.29) is 11.9 Å². The van der Waals surface area contributed by atoms with Crippen LogP contribution in [-0.2, 0) is 11.0 Å². The lowest BCUT2D eigenvalue weighted by atomic mass is 10.0. The van der Waals surface area contributed by atoms with Gasteiger partial charge in [-0.2, -0.15) is 13.2 Å². The molecule has 0 spiro atoms. The normalized spacial score (nSPS) is 23.5. The molecule has 21 heavy (non-hydrogen) atoms. The van der Waals surface area contributed by atoms with Crippen molar-refractivity contribution in [1.29, 1.82) is 0 Å². The van der Waals surface area contributed by atoms with Crippen molar-refractivity contribution in [2.75, 3.05) is 11.4 Å². The van der Waals surface area contributed by atoms with Gasteiger partial charge >= 0.3 is 6.18 Å². The molecular formula is C15H17F3N2O. The number of piperidine rings is 1. The third-order valence-electron chi connectivity index (χ3n) is 3.94. The Balaban J connectivity index is 1.80. The Bertz CT molecular complexity index is 540. The maximum absolute atomic E-state index is 12.8. The molecule has 0 radical (unpaired) electrons. The summed E-state index contributed by atoms with van der Waals surface area (Å²) in [6.45, 7) is 0.475. The van der Waals surface area contributed by atoms with Crippen LogP contribution in [0.25, 0.3) is 0 Å². The molecule has 1 atom stereocenters. The number of carbonyl (C=O) groups excluding carboxylic acids is 1. The van der Waals surface area contributed by atoms with Crippen LogP contribution in [0.15, 0.2) is 24.3 Å². The molecule has 3 nitrogen and oxygen atoms in total. The summed E-state index contributed by atoms with van der Waals surface area (Å²) in [6.07, 6.45) is -0.682. The molecule has 2 aliphatic rings. The van der Waals surface area contributed by atoms with Gasteiger partial charge in [-0.05, 0) is 43.9 Å². The second-order valence-electron chi connectivity index (χ2n) is 5.67. The van der Waals surface area contributed by atoms with Crippen LogP contribution in [0.2, 0.25) is 0 Å². The maximum Gasteiger partial charge on any atom is 0.416 e. The van der Waals surface area contributed by atoms with E-state index in [1.165, 1.54) is 11.0 Å². The van der Waals surface area contributed by atoms with E-state index in [1.54, 1.807) is 6.07 Å². The molecular weight excluding hydrogens is 281 g/mol. The van der Waals surface area contributed by atoms with Gasteiger partial charge in [-0.15, -0.1) is 0 Å². The first-order valence-electron chi connectivity index (χ1n) is 7.20. The summed E-state index contributed by atoms with van der Waals surface area (Å²) in [5, 5.41) is 3.27. The maximum atomic E-state index is 12.8. The van der Waals surface area contributed by atoms with E-state index in [0.717, 1.165) is 37.8 Å². The summed E-state index contributed by atoms with van der Waals surface area (Å²) in [7, 11) is 0. The molecule has 1 N–H and O–H groups in total. The van der Waals surface area contributed by atoms with E-state index >= 15 is 0 Å². The van der Waals surface area contributed by atoms with Gasteiger partial charge in [0.2, 0.25) is 5.91 Å². The second kappa shape index (κ2) is 5.33. The zero-order valence-electron chi connectivity index (χ0n) is 11.5. The molecule has 1 saturated carbocycles. The highest BCUT2D eigenvalue weighted by atomic mass is 19.4. The van der Waals surface area contributed by atoms with E-state index < -0.39 is 11.7 Å². The van der Waals surface area contributed by atoms with Crippen LogP contribution in [-0.4, -0.2) is 24.5 Å². The van der Waals surface area contributed by atoms with E-state index in [1.807, 2.05) is 0 Å². The summed E-state index contributed by atoms with van der Waals surface area (Å²) in [6, 6.07) is 5.13. The SMILES string of the molecule is O=C1C(NC2CC2)CCCN1c1cccc(C(F)(F)F)c1. The smallest absolute Gasteiger partial charge is 0.311 e. The summed E-state index contributed by atoms with van der Waals surface area (Å²) in [4.78, 5) is 13.9. The Morgan fingerprint density at radius 1 is 1.19 bits per heavy atom. The molecule has 0 bridgehead atoms. The zero-order valence-corrected chi connectivity index (χ0v) is 11.5. The molecule has 1 aromatic rings. The lowest BCUT2D eigenvalue weighted by Crippen LogP contribution is -2.51. The lowest BCUT2D eigenvalue weighted by Gasteiger charge is -2.33. The van der Waals surface area contributed by atoms with Crippen molar-refractivity contribution in [3.05, 3.63) is 29.8 Å². The van der Waals surface area contributed by atoms with Gasteiger partial charge in [0.25, 0.3) is 0 Å². The molecule has 1 amide bonds. The quantitative estimate of drug-likeness (QED) is 0.930. The minimum atomic E-state index is -4.39.